The summed E-state index contributed by atoms with van der Waals surface area (Å²) in [5.74, 6) is -0.805. The number of nitrogens with one attached hydrogen (secondary N) is 5. The van der Waals surface area contributed by atoms with E-state index in [9.17, 15) is 28.8 Å². The molecule has 0 spiro atoms. The number of thiazole rings is 8. The number of nitrogens with two attached hydrogens (primary N) is 4. The van der Waals surface area contributed by atoms with Gasteiger partial charge in [0.05, 0.1) is 115 Å². The minimum absolute atomic E-state index is 0.00607. The van der Waals surface area contributed by atoms with Gasteiger partial charge >= 0.3 is 0 Å². The molecule has 0 atom stereocenters. The number of aryl methyl sites for hydroxylation is 6. The van der Waals surface area contributed by atoms with Gasteiger partial charge in [-0.15, -0.1) is 90.7 Å². The molecule has 136 heavy (non-hydrogen) atoms. The second-order valence-corrected chi connectivity index (χ2v) is 42.3. The lowest BCUT2D eigenvalue weighted by atomic mass is 10.0. The van der Waals surface area contributed by atoms with Crippen LogP contribution in [0.25, 0.3) is 42.3 Å². The Hall–Kier alpha value is -10.7. The van der Waals surface area contributed by atoms with Crippen LogP contribution in [0.3, 0.4) is 0 Å². The Balaban J connectivity index is 0.000000163. The number of hydrogen-bond donors (Lipinski definition) is 9. The number of piperazine rings is 1. The second-order valence-electron chi connectivity index (χ2n) is 34.7. The minimum Gasteiger partial charge on any atom is -0.489 e. The van der Waals surface area contributed by atoms with Crippen molar-refractivity contribution in [3.05, 3.63) is 171 Å². The molecule has 0 unspecified atom stereocenters. The summed E-state index contributed by atoms with van der Waals surface area (Å²) in [6.07, 6.45) is 5.62. The molecule has 40 heteroatoms. The smallest absolute Gasteiger partial charge is 0.282 e. The van der Waals surface area contributed by atoms with E-state index in [0.29, 0.717) is 89.2 Å². The first-order valence-corrected chi connectivity index (χ1v) is 52.4. The van der Waals surface area contributed by atoms with E-state index in [1.54, 1.807) is 95.3 Å². The number of carbonyl (C=O) groups is 6. The molecule has 0 radical (unpaired) electrons. The van der Waals surface area contributed by atoms with Crippen molar-refractivity contribution in [1.29, 1.82) is 0 Å². The highest BCUT2D eigenvalue weighted by molar-refractivity contribution is 7.19. The van der Waals surface area contributed by atoms with Crippen molar-refractivity contribution in [2.45, 2.75) is 179 Å². The van der Waals surface area contributed by atoms with Gasteiger partial charge < -0.3 is 78.4 Å². The van der Waals surface area contributed by atoms with Crippen molar-refractivity contribution < 1.29 is 43.0 Å². The lowest BCUT2D eigenvalue weighted by Gasteiger charge is -2.36. The van der Waals surface area contributed by atoms with Gasteiger partial charge in [-0.3, -0.25) is 43.5 Å². The fourth-order valence-corrected chi connectivity index (χ4v) is 22.4. The van der Waals surface area contributed by atoms with Crippen LogP contribution < -0.4 is 59.0 Å². The lowest BCUT2D eigenvalue weighted by Crippen LogP contribution is -2.48. The number of carbonyl (C=O) groups excluding carboxylic acids is 6. The first kappa shape index (κ1) is 104. The molecular formula is C96H125N23O9S8. The Bertz CT molecular complexity index is 6060. The van der Waals surface area contributed by atoms with Gasteiger partial charge in [-0.1, -0.05) is 38.8 Å². The van der Waals surface area contributed by atoms with E-state index in [1.807, 2.05) is 108 Å². The molecule has 3 aliphatic heterocycles. The minimum atomic E-state index is -0.489. The molecule has 0 saturated carbocycles. The zero-order valence-corrected chi connectivity index (χ0v) is 86.8. The van der Waals surface area contributed by atoms with E-state index < -0.39 is 23.6 Å². The van der Waals surface area contributed by atoms with E-state index in [-0.39, 0.29) is 30.1 Å². The molecule has 3 saturated heterocycles. The Morgan fingerprint density at radius 3 is 1.18 bits per heavy atom. The molecular weight excluding hydrogens is 1880 g/mol. The number of nitrogens with zero attached hydrogens (tertiary/aromatic N) is 14. The molecule has 4 aromatic carbocycles. The summed E-state index contributed by atoms with van der Waals surface area (Å²) in [7, 11) is 5.75. The molecule has 0 aliphatic carbocycles. The number of anilines is 8. The third-order valence-corrected chi connectivity index (χ3v) is 30.1. The molecule has 11 heterocycles. The number of primary amides is 4. The number of piperidine rings is 1. The van der Waals surface area contributed by atoms with Gasteiger partial charge in [-0.2, -0.15) is 0 Å². The van der Waals surface area contributed by atoms with Gasteiger partial charge in [-0.05, 0) is 195 Å². The molecule has 0 bridgehead atoms. The molecule has 726 valence electrons. The van der Waals surface area contributed by atoms with E-state index in [0.717, 1.165) is 226 Å². The largest absolute Gasteiger partial charge is 0.489 e. The maximum atomic E-state index is 12.9. The van der Waals surface area contributed by atoms with Gasteiger partial charge in [0.1, 0.15) is 21.5 Å². The number of ether oxygens (including phenoxy) is 3. The van der Waals surface area contributed by atoms with Gasteiger partial charge in [0.2, 0.25) is 23.6 Å². The van der Waals surface area contributed by atoms with Crippen molar-refractivity contribution in [1.82, 2.24) is 74.6 Å². The Labute approximate surface area is 827 Å². The van der Waals surface area contributed by atoms with E-state index in [2.05, 4.69) is 97.7 Å². The predicted molar refractivity (Wildman–Crippen MR) is 555 cm³/mol. The van der Waals surface area contributed by atoms with E-state index in [4.69, 9.17) is 67.0 Å². The number of likely N-dealkylation sites (N-methyl/N-ethyl adjacent to an activating group) is 2. The molecule has 6 amide bonds. The zero-order valence-electron chi connectivity index (χ0n) is 80.3. The highest BCUT2D eigenvalue weighted by Crippen LogP contribution is 2.42. The van der Waals surface area contributed by atoms with Gasteiger partial charge in [0, 0.05) is 146 Å². The van der Waals surface area contributed by atoms with Crippen LogP contribution in [-0.4, -0.2) is 235 Å². The SMILES string of the molecule is CCCc1ccc(C(N)=O)cc1Nc1nc(-c2sc(C(=O)N(C)CCN(C)C)nc2C)cs1.CCCc1ccc(C(N)=O)cc1Nc1nc(-c2sc(C(=O)NC3CCN(C(C)C)CC3)nc2C)cs1.Cc1nc(CN2CCN(C(C)C)CC2)sc1-c1csc(Nc2cc(C(N)=O)ccc2OC(C)C)n1.Cc1nc(CN2CCOCC2)sc1-c1csc(Nc2cc(C(N)=O)ccc2OC(C)C)n1. The topological polar surface area (TPSA) is 417 Å². The third-order valence-electron chi connectivity index (χ3n) is 22.4. The number of morpholine rings is 1. The summed E-state index contributed by atoms with van der Waals surface area (Å²) in [6.45, 7) is 41.8. The number of aromatic nitrogens is 8. The first-order chi connectivity index (χ1) is 65.0. The quantitative estimate of drug-likeness (QED) is 0.0176. The fourth-order valence-electron chi connectivity index (χ4n) is 15.1. The molecule has 8 aromatic heterocycles. The van der Waals surface area contributed by atoms with Crippen molar-refractivity contribution in [2.75, 3.05) is 121 Å². The maximum Gasteiger partial charge on any atom is 0.282 e. The van der Waals surface area contributed by atoms with Crippen molar-refractivity contribution in [2.24, 2.45) is 22.9 Å². The summed E-state index contributed by atoms with van der Waals surface area (Å²) in [6, 6.07) is 22.5. The standard InChI is InChI=1S/C26H34N6O2S2.C25H34N6O2S2.C23H30N6O2S2.C22H27N5O3S2/c1-5-6-17-7-8-18(23(27)33)13-20(17)30-26-31-21(14-35-26)22-16(4)28-25(36-22)24(34)29-19-9-11-32(12-10-19)15(2)3;1-15(2)31-10-8-30(9-11-31)13-22-27-17(5)23(35-22)20-14-34-25(29-20)28-19-12-18(24(26)32)6-7-21(19)33-16(3)4;1-6-7-15-8-9-16(20(24)30)12-17(15)26-23-27-18(13-32-23)19-14(2)25-21(33-19)22(31)29(5)11-10-28(3)4;1-13(2)30-18-5-4-15(21(23)28)10-16(18)25-22-26-17(12-31-22)20-14(3)24-19(32-20)11-27-6-8-29-9-7-27/h7-8,13-15,19H,5-6,9-12H2,1-4H3,(H2,27,33)(H,29,34)(H,30,31);6-7,12,14-16H,8-11,13H2,1-5H3,(H2,26,32)(H,28,29);8-9,12-13H,6-7,10-11H2,1-5H3,(H2,24,30)(H,26,27);4-5,10,12-13H,6-9,11H2,1-3H3,(H2,23,28)(H,25,26). The van der Waals surface area contributed by atoms with Crippen LogP contribution in [-0.2, 0) is 30.7 Å². The number of benzene rings is 4. The highest BCUT2D eigenvalue weighted by Gasteiger charge is 2.29. The molecule has 32 nitrogen and oxygen atoms in total. The van der Waals surface area contributed by atoms with Crippen LogP contribution in [0.4, 0.5) is 43.3 Å². The summed E-state index contributed by atoms with van der Waals surface area (Å²) in [5.41, 5.74) is 35.7. The second kappa shape index (κ2) is 49.0. The van der Waals surface area contributed by atoms with Crippen molar-refractivity contribution >= 4 is 169 Å². The monoisotopic (exact) mass is 2000 g/mol. The zero-order chi connectivity index (χ0) is 97.7. The number of hydrogen-bond acceptors (Lipinski definition) is 34. The average molecular weight is 2000 g/mol. The Morgan fingerprint density at radius 1 is 0.441 bits per heavy atom. The van der Waals surface area contributed by atoms with Crippen LogP contribution >= 0.6 is 90.7 Å². The molecule has 13 N–H and O–H groups in total. The Morgan fingerprint density at radius 2 is 0.794 bits per heavy atom. The summed E-state index contributed by atoms with van der Waals surface area (Å²) >= 11 is 12.1. The summed E-state index contributed by atoms with van der Waals surface area (Å²) in [5, 5.41) is 30.4. The predicted octanol–water partition coefficient (Wildman–Crippen LogP) is 17.7. The van der Waals surface area contributed by atoms with E-state index in [1.165, 1.54) is 68.0 Å². The van der Waals surface area contributed by atoms with Crippen molar-refractivity contribution in [3.8, 4) is 53.8 Å². The Kier molecular flexibility index (Phi) is 37.6. The molecule has 15 rings (SSSR count). The third kappa shape index (κ3) is 29.0. The number of amides is 6. The van der Waals surface area contributed by atoms with Gasteiger partial charge in [0.15, 0.2) is 30.5 Å². The normalized spacial score (nSPS) is 14.0. The lowest BCUT2D eigenvalue weighted by molar-refractivity contribution is 0.0341. The fraction of sp³-hybridized carbons (Fsp3) is 0.438. The van der Waals surface area contributed by atoms with Crippen LogP contribution in [0.5, 0.6) is 11.5 Å². The highest BCUT2D eigenvalue weighted by atomic mass is 32.1. The summed E-state index contributed by atoms with van der Waals surface area (Å²) in [4.78, 5) is 127. The van der Waals surface area contributed by atoms with Crippen LogP contribution in [0.15, 0.2) is 94.3 Å². The van der Waals surface area contributed by atoms with E-state index >= 15 is 0 Å². The maximum absolute atomic E-state index is 12.9. The number of rotatable bonds is 36. The first-order valence-electron chi connectivity index (χ1n) is 45.6. The number of likely N-dealkylation sites (tertiary alicyclic amines) is 1. The summed E-state index contributed by atoms with van der Waals surface area (Å²) < 4.78 is 17.2. The molecule has 3 fully saturated rings. The van der Waals surface area contributed by atoms with Crippen molar-refractivity contribution in [3.63, 3.8) is 0 Å². The molecule has 12 aromatic rings. The van der Waals surface area contributed by atoms with Gasteiger partial charge in [0.25, 0.3) is 11.8 Å². The van der Waals surface area contributed by atoms with Crippen LogP contribution in [0, 0.1) is 27.7 Å². The molecule has 3 aliphatic rings. The van der Waals surface area contributed by atoms with Crippen LogP contribution in [0.1, 0.15) is 200 Å². The van der Waals surface area contributed by atoms with Gasteiger partial charge in [-0.25, -0.2) is 39.9 Å². The van der Waals surface area contributed by atoms with Crippen LogP contribution in [0.2, 0.25) is 0 Å². The average Bonchev–Trinajstić information content (AvgIpc) is 1.88.